The van der Waals surface area contributed by atoms with Crippen LogP contribution in [0.25, 0.3) is 0 Å². The smallest absolute Gasteiger partial charge is 0.287 e. The Morgan fingerprint density at radius 3 is 2.56 bits per heavy atom. The Balaban J connectivity index is 1.77. The number of fused-ring (bicyclic) bond motifs is 1. The number of nitrogens with one attached hydrogen (secondary N) is 1. The van der Waals surface area contributed by atoms with Gasteiger partial charge < -0.3 is 9.73 Å². The van der Waals surface area contributed by atoms with Gasteiger partial charge in [-0.1, -0.05) is 13.8 Å². The number of aromatic nitrogens is 1. The van der Waals surface area contributed by atoms with Gasteiger partial charge in [0.2, 0.25) is 0 Å². The second kappa shape index (κ2) is 6.76. The highest BCUT2D eigenvalue weighted by Crippen LogP contribution is 2.38. The van der Waals surface area contributed by atoms with E-state index in [1.807, 2.05) is 13.8 Å². The molecule has 142 valence electrons. The molecule has 0 saturated heterocycles. The normalized spacial score (nSPS) is 15.4. The highest BCUT2D eigenvalue weighted by atomic mass is 16.4. The summed E-state index contributed by atoms with van der Waals surface area (Å²) in [7, 11) is 0. The average molecular weight is 368 g/mol. The fraction of sp³-hybridized carbons (Fsp3) is 0.429. The molecule has 1 aliphatic rings. The van der Waals surface area contributed by atoms with Gasteiger partial charge in [-0.25, -0.2) is 0 Å². The summed E-state index contributed by atoms with van der Waals surface area (Å²) >= 11 is 0. The van der Waals surface area contributed by atoms with Crippen molar-refractivity contribution in [3.8, 4) is 0 Å². The SMILES string of the molecule is CC(=O)c1ccc(CNC(=O)c2oc3c(c2C)C(=O)CC(C)(C)C3)nc1C. The molecule has 0 radical (unpaired) electrons. The number of hydrogen-bond acceptors (Lipinski definition) is 5. The minimum absolute atomic E-state index is 0.0265. The molecule has 0 fully saturated rings. The minimum atomic E-state index is -0.373. The van der Waals surface area contributed by atoms with E-state index in [0.29, 0.717) is 46.7 Å². The number of pyridine rings is 1. The molecule has 1 N–H and O–H groups in total. The van der Waals surface area contributed by atoms with E-state index >= 15 is 0 Å². The monoisotopic (exact) mass is 368 g/mol. The molecule has 3 rings (SSSR count). The van der Waals surface area contributed by atoms with Crippen molar-refractivity contribution in [3.05, 3.63) is 51.7 Å². The zero-order chi connectivity index (χ0) is 19.9. The average Bonchev–Trinajstić information content (AvgIpc) is 2.87. The van der Waals surface area contributed by atoms with Crippen LogP contribution in [0.4, 0.5) is 0 Å². The molecule has 27 heavy (non-hydrogen) atoms. The Bertz CT molecular complexity index is 953. The van der Waals surface area contributed by atoms with Crippen molar-refractivity contribution in [3.63, 3.8) is 0 Å². The maximum Gasteiger partial charge on any atom is 0.287 e. The number of nitrogens with zero attached hydrogens (tertiary/aromatic N) is 1. The summed E-state index contributed by atoms with van der Waals surface area (Å²) in [6.07, 6.45) is 1.09. The minimum Gasteiger partial charge on any atom is -0.455 e. The Morgan fingerprint density at radius 1 is 1.22 bits per heavy atom. The Morgan fingerprint density at radius 2 is 1.93 bits per heavy atom. The molecule has 2 heterocycles. The molecule has 2 aromatic heterocycles. The van der Waals surface area contributed by atoms with Crippen LogP contribution in [0.15, 0.2) is 16.5 Å². The third-order valence-electron chi connectivity index (χ3n) is 4.94. The summed E-state index contributed by atoms with van der Waals surface area (Å²) in [5.74, 6) is 0.392. The first-order valence-electron chi connectivity index (χ1n) is 9.00. The zero-order valence-electron chi connectivity index (χ0n) is 16.4. The van der Waals surface area contributed by atoms with Crippen LogP contribution in [-0.2, 0) is 13.0 Å². The van der Waals surface area contributed by atoms with Gasteiger partial charge in [-0.3, -0.25) is 19.4 Å². The van der Waals surface area contributed by atoms with Gasteiger partial charge in [0, 0.05) is 29.7 Å². The van der Waals surface area contributed by atoms with Crippen LogP contribution < -0.4 is 5.32 Å². The lowest BCUT2D eigenvalue weighted by atomic mass is 9.76. The van der Waals surface area contributed by atoms with E-state index in [4.69, 9.17) is 4.42 Å². The molecular formula is C21H24N2O4. The summed E-state index contributed by atoms with van der Waals surface area (Å²) in [4.78, 5) is 40.9. The number of carbonyl (C=O) groups is 3. The molecule has 0 aromatic carbocycles. The van der Waals surface area contributed by atoms with E-state index in [0.717, 1.165) is 0 Å². The molecular weight excluding hydrogens is 344 g/mol. The lowest BCUT2D eigenvalue weighted by molar-refractivity contribution is 0.0888. The van der Waals surface area contributed by atoms with Crippen LogP contribution in [-0.4, -0.2) is 22.5 Å². The van der Waals surface area contributed by atoms with Gasteiger partial charge in [0.1, 0.15) is 5.76 Å². The van der Waals surface area contributed by atoms with E-state index in [2.05, 4.69) is 10.3 Å². The molecule has 0 spiro atoms. The number of amides is 1. The number of furan rings is 1. The first-order valence-corrected chi connectivity index (χ1v) is 9.00. The number of ketones is 2. The third-order valence-corrected chi connectivity index (χ3v) is 4.94. The largest absolute Gasteiger partial charge is 0.455 e. The van der Waals surface area contributed by atoms with Crippen molar-refractivity contribution in [2.75, 3.05) is 0 Å². The van der Waals surface area contributed by atoms with Crippen LogP contribution in [0.1, 0.15) is 81.2 Å². The topological polar surface area (TPSA) is 89.3 Å². The van der Waals surface area contributed by atoms with Crippen molar-refractivity contribution in [1.29, 1.82) is 0 Å². The fourth-order valence-corrected chi connectivity index (χ4v) is 3.63. The van der Waals surface area contributed by atoms with Crippen LogP contribution in [0, 0.1) is 19.3 Å². The van der Waals surface area contributed by atoms with Gasteiger partial charge in [0.15, 0.2) is 17.3 Å². The predicted molar refractivity (Wildman–Crippen MR) is 100 cm³/mol. The molecule has 1 amide bonds. The van der Waals surface area contributed by atoms with E-state index in [1.165, 1.54) is 6.92 Å². The van der Waals surface area contributed by atoms with Crippen molar-refractivity contribution in [1.82, 2.24) is 10.3 Å². The predicted octanol–water partition coefficient (Wildman–Crippen LogP) is 3.58. The Hall–Kier alpha value is -2.76. The van der Waals surface area contributed by atoms with Crippen molar-refractivity contribution in [2.45, 2.75) is 54.0 Å². The van der Waals surface area contributed by atoms with Crippen LogP contribution in [0.2, 0.25) is 0 Å². The van der Waals surface area contributed by atoms with Gasteiger partial charge >= 0.3 is 0 Å². The Kier molecular flexibility index (Phi) is 4.76. The van der Waals surface area contributed by atoms with E-state index in [-0.39, 0.29) is 35.2 Å². The molecule has 0 saturated carbocycles. The maximum absolute atomic E-state index is 12.6. The lowest BCUT2D eigenvalue weighted by Crippen LogP contribution is -2.26. The number of rotatable bonds is 4. The number of aryl methyl sites for hydroxylation is 1. The molecule has 2 aromatic rings. The second-order valence-electron chi connectivity index (χ2n) is 7.97. The van der Waals surface area contributed by atoms with Gasteiger partial charge in [-0.05, 0) is 38.3 Å². The summed E-state index contributed by atoms with van der Waals surface area (Å²) < 4.78 is 5.77. The first kappa shape index (κ1) is 19.0. The molecule has 1 aliphatic carbocycles. The molecule has 0 aliphatic heterocycles. The van der Waals surface area contributed by atoms with Crippen molar-refractivity contribution < 1.29 is 18.8 Å². The van der Waals surface area contributed by atoms with Crippen molar-refractivity contribution >= 4 is 17.5 Å². The Labute approximate surface area is 158 Å². The van der Waals surface area contributed by atoms with Crippen LogP contribution >= 0.6 is 0 Å². The van der Waals surface area contributed by atoms with E-state index in [1.54, 1.807) is 26.0 Å². The lowest BCUT2D eigenvalue weighted by Gasteiger charge is -2.27. The van der Waals surface area contributed by atoms with E-state index < -0.39 is 0 Å². The third kappa shape index (κ3) is 3.70. The molecule has 6 nitrogen and oxygen atoms in total. The molecule has 0 bridgehead atoms. The summed E-state index contributed by atoms with van der Waals surface area (Å²) in [5.41, 5.74) is 2.84. The molecule has 0 atom stereocenters. The van der Waals surface area contributed by atoms with Crippen molar-refractivity contribution in [2.24, 2.45) is 5.41 Å². The maximum atomic E-state index is 12.6. The quantitative estimate of drug-likeness (QED) is 0.833. The standard InChI is InChI=1S/C21H24N2O4/c1-11-18-16(25)8-21(4,5)9-17(18)27-19(11)20(26)22-10-14-6-7-15(13(3)24)12(2)23-14/h6-7H,8-10H2,1-5H3,(H,22,26). The summed E-state index contributed by atoms with van der Waals surface area (Å²) in [5, 5.41) is 2.79. The zero-order valence-corrected chi connectivity index (χ0v) is 16.4. The van der Waals surface area contributed by atoms with Gasteiger partial charge in [0.05, 0.1) is 17.8 Å². The van der Waals surface area contributed by atoms with Gasteiger partial charge in [-0.15, -0.1) is 0 Å². The highest BCUT2D eigenvalue weighted by molar-refractivity contribution is 6.03. The highest BCUT2D eigenvalue weighted by Gasteiger charge is 2.37. The van der Waals surface area contributed by atoms with E-state index in [9.17, 15) is 14.4 Å². The molecule has 6 heteroatoms. The second-order valence-corrected chi connectivity index (χ2v) is 7.97. The van der Waals surface area contributed by atoms with Gasteiger partial charge in [0.25, 0.3) is 5.91 Å². The fourth-order valence-electron chi connectivity index (χ4n) is 3.63. The summed E-state index contributed by atoms with van der Waals surface area (Å²) in [6.45, 7) is 9.25. The number of hydrogen-bond donors (Lipinski definition) is 1. The number of Topliss-reactive ketones (excluding diaryl/α,β-unsaturated/α-hetero) is 2. The molecule has 0 unspecified atom stereocenters. The number of carbonyl (C=O) groups excluding carboxylic acids is 3. The van der Waals surface area contributed by atoms with Crippen LogP contribution in [0.3, 0.4) is 0 Å². The summed E-state index contributed by atoms with van der Waals surface area (Å²) in [6, 6.07) is 3.43. The van der Waals surface area contributed by atoms with Crippen LogP contribution in [0.5, 0.6) is 0 Å². The van der Waals surface area contributed by atoms with Gasteiger partial charge in [-0.2, -0.15) is 0 Å². The first-order chi connectivity index (χ1) is 12.6.